The Kier molecular flexibility index (Phi) is 6.52. The number of piperidine rings is 1. The minimum atomic E-state index is -3.69. The van der Waals surface area contributed by atoms with Gasteiger partial charge in [-0.25, -0.2) is 8.42 Å². The summed E-state index contributed by atoms with van der Waals surface area (Å²) in [5.74, 6) is -0.308. The van der Waals surface area contributed by atoms with E-state index in [1.54, 1.807) is 6.07 Å². The highest BCUT2D eigenvalue weighted by atomic mass is 35.5. The summed E-state index contributed by atoms with van der Waals surface area (Å²) in [5.41, 5.74) is 1.42. The lowest BCUT2D eigenvalue weighted by Crippen LogP contribution is -2.36. The van der Waals surface area contributed by atoms with Crippen LogP contribution < -0.4 is 5.32 Å². The van der Waals surface area contributed by atoms with Gasteiger partial charge in [0.25, 0.3) is 5.91 Å². The van der Waals surface area contributed by atoms with Crippen LogP contribution in [0.4, 0.5) is 0 Å². The number of carbonyl (C=O) groups excluding carboxylic acids is 1. The number of hydrogen-bond donors (Lipinski definition) is 1. The molecule has 0 radical (unpaired) electrons. The monoisotopic (exact) mass is 406 g/mol. The van der Waals surface area contributed by atoms with Crippen molar-refractivity contribution in [1.82, 2.24) is 9.62 Å². The second-order valence-corrected chi connectivity index (χ2v) is 8.92. The number of halogens is 1. The molecule has 5 nitrogen and oxygen atoms in total. The smallest absolute Gasteiger partial charge is 0.251 e. The number of carbonyl (C=O) groups is 1. The van der Waals surface area contributed by atoms with Crippen LogP contribution in [0.25, 0.3) is 0 Å². The van der Waals surface area contributed by atoms with Crippen LogP contribution in [-0.4, -0.2) is 38.3 Å². The number of rotatable bonds is 6. The Labute approximate surface area is 165 Å². The summed E-state index contributed by atoms with van der Waals surface area (Å²) < 4.78 is 27.2. The molecule has 0 spiro atoms. The molecule has 0 aromatic heterocycles. The zero-order valence-corrected chi connectivity index (χ0v) is 16.6. The van der Waals surface area contributed by atoms with Gasteiger partial charge in [-0.05, 0) is 43.0 Å². The highest BCUT2D eigenvalue weighted by Crippen LogP contribution is 2.27. The van der Waals surface area contributed by atoms with E-state index in [4.69, 9.17) is 11.6 Å². The predicted molar refractivity (Wildman–Crippen MR) is 107 cm³/mol. The van der Waals surface area contributed by atoms with Crippen LogP contribution in [0.1, 0.15) is 35.2 Å². The van der Waals surface area contributed by atoms with E-state index in [-0.39, 0.29) is 15.8 Å². The van der Waals surface area contributed by atoms with Gasteiger partial charge in [-0.15, -0.1) is 0 Å². The number of amides is 1. The first-order valence-electron chi connectivity index (χ1n) is 9.10. The fourth-order valence-corrected chi connectivity index (χ4v) is 5.17. The van der Waals surface area contributed by atoms with Crippen molar-refractivity contribution in [3.63, 3.8) is 0 Å². The van der Waals surface area contributed by atoms with E-state index in [0.29, 0.717) is 31.6 Å². The van der Waals surface area contributed by atoms with E-state index in [9.17, 15) is 13.2 Å². The second kappa shape index (κ2) is 8.87. The molecule has 1 aliphatic heterocycles. The van der Waals surface area contributed by atoms with Crippen molar-refractivity contribution < 1.29 is 13.2 Å². The Hall–Kier alpha value is -1.89. The minimum absolute atomic E-state index is 0.00164. The Morgan fingerprint density at radius 3 is 2.44 bits per heavy atom. The van der Waals surface area contributed by atoms with Crippen LogP contribution in [0.5, 0.6) is 0 Å². The molecule has 1 fully saturated rings. The lowest BCUT2D eigenvalue weighted by Gasteiger charge is -2.26. The summed E-state index contributed by atoms with van der Waals surface area (Å²) in [4.78, 5) is 12.4. The highest BCUT2D eigenvalue weighted by molar-refractivity contribution is 7.89. The molecule has 0 unspecified atom stereocenters. The standard InChI is InChI=1S/C20H23ClN2O3S/c21-18-10-9-17(20(24)22-12-11-16-7-3-1-4-8-16)15-19(18)27(25,26)23-13-5-2-6-14-23/h1,3-4,7-10,15H,2,5-6,11-14H2,(H,22,24). The maximum atomic E-state index is 12.9. The van der Waals surface area contributed by atoms with Gasteiger partial charge in [-0.2, -0.15) is 4.31 Å². The molecule has 3 rings (SSSR count). The van der Waals surface area contributed by atoms with Crippen molar-refractivity contribution >= 4 is 27.5 Å². The first-order chi connectivity index (χ1) is 13.0. The molecule has 2 aromatic carbocycles. The molecule has 1 aliphatic rings. The molecule has 144 valence electrons. The number of nitrogens with zero attached hydrogens (tertiary/aromatic N) is 1. The van der Waals surface area contributed by atoms with E-state index in [2.05, 4.69) is 5.32 Å². The van der Waals surface area contributed by atoms with Gasteiger partial charge >= 0.3 is 0 Å². The van der Waals surface area contributed by atoms with Crippen LogP contribution in [-0.2, 0) is 16.4 Å². The van der Waals surface area contributed by atoms with E-state index in [1.807, 2.05) is 30.3 Å². The fraction of sp³-hybridized carbons (Fsp3) is 0.350. The Morgan fingerprint density at radius 2 is 1.74 bits per heavy atom. The van der Waals surface area contributed by atoms with Gasteiger partial charge in [-0.1, -0.05) is 48.4 Å². The SMILES string of the molecule is O=C(NCCc1ccccc1)c1ccc(Cl)c(S(=O)(=O)N2CCCCC2)c1. The molecule has 1 N–H and O–H groups in total. The van der Waals surface area contributed by atoms with Crippen LogP contribution in [0.3, 0.4) is 0 Å². The zero-order valence-electron chi connectivity index (χ0n) is 15.0. The minimum Gasteiger partial charge on any atom is -0.352 e. The Morgan fingerprint density at radius 1 is 1.04 bits per heavy atom. The summed E-state index contributed by atoms with van der Waals surface area (Å²) in [5, 5.41) is 2.97. The molecule has 0 atom stereocenters. The van der Waals surface area contributed by atoms with Crippen molar-refractivity contribution in [2.45, 2.75) is 30.6 Å². The molecule has 0 saturated carbocycles. The van der Waals surface area contributed by atoms with Crippen molar-refractivity contribution in [2.75, 3.05) is 19.6 Å². The van der Waals surface area contributed by atoms with Gasteiger partial charge in [0.05, 0.1) is 5.02 Å². The molecular formula is C20H23ClN2O3S. The topological polar surface area (TPSA) is 66.5 Å². The van der Waals surface area contributed by atoms with E-state index >= 15 is 0 Å². The van der Waals surface area contributed by atoms with Gasteiger partial charge in [0.1, 0.15) is 4.90 Å². The van der Waals surface area contributed by atoms with Crippen LogP contribution in [0.2, 0.25) is 5.02 Å². The maximum Gasteiger partial charge on any atom is 0.251 e. The lowest BCUT2D eigenvalue weighted by atomic mass is 10.1. The first kappa shape index (κ1) is 19.9. The molecule has 1 amide bonds. The van der Waals surface area contributed by atoms with Gasteiger partial charge < -0.3 is 5.32 Å². The molecule has 0 bridgehead atoms. The van der Waals surface area contributed by atoms with Crippen molar-refractivity contribution in [2.24, 2.45) is 0 Å². The van der Waals surface area contributed by atoms with E-state index in [1.165, 1.54) is 16.4 Å². The van der Waals surface area contributed by atoms with E-state index < -0.39 is 10.0 Å². The van der Waals surface area contributed by atoms with Gasteiger partial charge in [0.2, 0.25) is 10.0 Å². The van der Waals surface area contributed by atoms with Crippen LogP contribution in [0, 0.1) is 0 Å². The number of hydrogen-bond acceptors (Lipinski definition) is 3. The summed E-state index contributed by atoms with van der Waals surface area (Å²) in [6.07, 6.45) is 3.43. The predicted octanol–water partition coefficient (Wildman–Crippen LogP) is 3.49. The average molecular weight is 407 g/mol. The molecule has 1 saturated heterocycles. The quantitative estimate of drug-likeness (QED) is 0.798. The fourth-order valence-electron chi connectivity index (χ4n) is 3.15. The Bertz CT molecular complexity index is 895. The average Bonchev–Trinajstić information content (AvgIpc) is 2.69. The molecule has 0 aliphatic carbocycles. The largest absolute Gasteiger partial charge is 0.352 e. The normalized spacial score (nSPS) is 15.4. The molecular weight excluding hydrogens is 384 g/mol. The van der Waals surface area contributed by atoms with Crippen molar-refractivity contribution in [3.05, 3.63) is 64.7 Å². The van der Waals surface area contributed by atoms with Gasteiger partial charge in [0.15, 0.2) is 0 Å². The Balaban J connectivity index is 1.71. The van der Waals surface area contributed by atoms with Gasteiger partial charge in [-0.3, -0.25) is 4.79 Å². The third-order valence-corrected chi connectivity index (χ3v) is 7.05. The first-order valence-corrected chi connectivity index (χ1v) is 10.9. The summed E-state index contributed by atoms with van der Waals surface area (Å²) in [7, 11) is -3.69. The zero-order chi connectivity index (χ0) is 19.3. The highest BCUT2D eigenvalue weighted by Gasteiger charge is 2.28. The molecule has 2 aromatic rings. The summed E-state index contributed by atoms with van der Waals surface area (Å²) in [6.45, 7) is 1.46. The maximum absolute atomic E-state index is 12.9. The van der Waals surface area contributed by atoms with Crippen LogP contribution in [0.15, 0.2) is 53.4 Å². The third-order valence-electron chi connectivity index (χ3n) is 4.67. The number of benzene rings is 2. The summed E-state index contributed by atoms with van der Waals surface area (Å²) >= 11 is 6.15. The van der Waals surface area contributed by atoms with Crippen LogP contribution >= 0.6 is 11.6 Å². The van der Waals surface area contributed by atoms with Gasteiger partial charge in [0, 0.05) is 25.2 Å². The lowest BCUT2D eigenvalue weighted by molar-refractivity contribution is 0.0954. The van der Waals surface area contributed by atoms with Crippen molar-refractivity contribution in [1.29, 1.82) is 0 Å². The number of sulfonamides is 1. The summed E-state index contributed by atoms with van der Waals surface area (Å²) in [6, 6.07) is 14.3. The third kappa shape index (κ3) is 4.89. The molecule has 7 heteroatoms. The molecule has 1 heterocycles. The van der Waals surface area contributed by atoms with Crippen molar-refractivity contribution in [3.8, 4) is 0 Å². The van der Waals surface area contributed by atoms with E-state index in [0.717, 1.165) is 24.8 Å². The second-order valence-electron chi connectivity index (χ2n) is 6.60. The molecule has 27 heavy (non-hydrogen) atoms. The number of nitrogens with one attached hydrogen (secondary N) is 1.